The second-order valence-electron chi connectivity index (χ2n) is 3.28. The lowest BCUT2D eigenvalue weighted by atomic mass is 10.3. The van der Waals surface area contributed by atoms with Crippen LogP contribution in [0.5, 0.6) is 0 Å². The fraction of sp³-hybridized carbons (Fsp3) is 0.273. The number of aromatic nitrogens is 2. The molecule has 2 heterocycles. The third kappa shape index (κ3) is 1.83. The Labute approximate surface area is 86.9 Å². The molecule has 0 amide bonds. The average Bonchev–Trinajstić information content (AvgIpc) is 2.56. The second kappa shape index (κ2) is 4.13. The maximum atomic E-state index is 11.5. The van der Waals surface area contributed by atoms with Gasteiger partial charge in [-0.3, -0.25) is 4.57 Å². The molecule has 0 atom stereocenters. The number of allylic oxidation sites excluding steroid dienone is 1. The number of fused-ring (bicyclic) bond motifs is 1. The molecule has 0 N–H and O–H groups in total. The molecule has 2 aromatic heterocycles. The van der Waals surface area contributed by atoms with Crippen LogP contribution in [0.25, 0.3) is 11.2 Å². The number of hydrogen-bond acceptors (Lipinski definition) is 3. The van der Waals surface area contributed by atoms with Crippen molar-refractivity contribution in [2.24, 2.45) is 0 Å². The van der Waals surface area contributed by atoms with Gasteiger partial charge >= 0.3 is 5.76 Å². The van der Waals surface area contributed by atoms with Crippen molar-refractivity contribution in [3.8, 4) is 0 Å². The first-order valence-electron chi connectivity index (χ1n) is 4.88. The molecule has 78 valence electrons. The van der Waals surface area contributed by atoms with Crippen molar-refractivity contribution < 1.29 is 4.42 Å². The van der Waals surface area contributed by atoms with Crippen LogP contribution in [0.4, 0.5) is 0 Å². The number of rotatable bonds is 4. The molecule has 0 saturated heterocycles. The number of pyridine rings is 1. The lowest BCUT2D eigenvalue weighted by molar-refractivity contribution is 0.498. The summed E-state index contributed by atoms with van der Waals surface area (Å²) < 4.78 is 6.60. The van der Waals surface area contributed by atoms with Gasteiger partial charge in [0.05, 0.1) is 0 Å². The van der Waals surface area contributed by atoms with Gasteiger partial charge in [-0.15, -0.1) is 6.58 Å². The zero-order chi connectivity index (χ0) is 10.7. The summed E-state index contributed by atoms with van der Waals surface area (Å²) in [4.78, 5) is 15.6. The largest absolute Gasteiger partial charge is 0.421 e. The van der Waals surface area contributed by atoms with Crippen molar-refractivity contribution in [1.82, 2.24) is 9.55 Å². The van der Waals surface area contributed by atoms with Gasteiger partial charge in [0.1, 0.15) is 0 Å². The van der Waals surface area contributed by atoms with Crippen LogP contribution in [-0.4, -0.2) is 9.55 Å². The van der Waals surface area contributed by atoms with Gasteiger partial charge in [-0.1, -0.05) is 6.08 Å². The van der Waals surface area contributed by atoms with E-state index in [2.05, 4.69) is 11.6 Å². The van der Waals surface area contributed by atoms with Crippen molar-refractivity contribution in [3.05, 3.63) is 41.5 Å². The minimum atomic E-state index is -0.340. The molecule has 0 aromatic carbocycles. The summed E-state index contributed by atoms with van der Waals surface area (Å²) in [6.45, 7) is 4.26. The van der Waals surface area contributed by atoms with Gasteiger partial charge in [-0.25, -0.2) is 9.78 Å². The highest BCUT2D eigenvalue weighted by Crippen LogP contribution is 2.09. The van der Waals surface area contributed by atoms with Crippen molar-refractivity contribution >= 4 is 11.2 Å². The van der Waals surface area contributed by atoms with Gasteiger partial charge < -0.3 is 4.42 Å². The molecule has 0 unspecified atom stereocenters. The van der Waals surface area contributed by atoms with Crippen LogP contribution in [0.1, 0.15) is 12.8 Å². The Balaban J connectivity index is 2.36. The van der Waals surface area contributed by atoms with Crippen molar-refractivity contribution in [3.63, 3.8) is 0 Å². The van der Waals surface area contributed by atoms with Crippen molar-refractivity contribution in [1.29, 1.82) is 0 Å². The molecule has 2 rings (SSSR count). The van der Waals surface area contributed by atoms with Crippen LogP contribution in [0, 0.1) is 0 Å². The van der Waals surface area contributed by atoms with Crippen LogP contribution in [0.2, 0.25) is 0 Å². The predicted octanol–water partition coefficient (Wildman–Crippen LogP) is 1.96. The van der Waals surface area contributed by atoms with Gasteiger partial charge in [-0.05, 0) is 25.0 Å². The first kappa shape index (κ1) is 9.71. The standard InChI is InChI=1S/C11H12N2O2/c1-2-3-4-8-13-10-9(15-11(13)14)6-5-7-12-10/h2,5-7H,1,3-4,8H2. The summed E-state index contributed by atoms with van der Waals surface area (Å²) >= 11 is 0. The zero-order valence-corrected chi connectivity index (χ0v) is 8.35. The molecule has 2 aromatic rings. The Morgan fingerprint density at radius 2 is 2.47 bits per heavy atom. The normalized spacial score (nSPS) is 10.7. The quantitative estimate of drug-likeness (QED) is 0.565. The molecule has 4 heteroatoms. The second-order valence-corrected chi connectivity index (χ2v) is 3.28. The van der Waals surface area contributed by atoms with E-state index in [0.717, 1.165) is 12.8 Å². The number of aryl methyl sites for hydroxylation is 1. The van der Waals surface area contributed by atoms with Crippen LogP contribution >= 0.6 is 0 Å². The SMILES string of the molecule is C=CCCCn1c(=O)oc2cccnc21. The molecule has 0 saturated carbocycles. The number of hydrogen-bond donors (Lipinski definition) is 0. The van der Waals surface area contributed by atoms with Crippen molar-refractivity contribution in [2.45, 2.75) is 19.4 Å². The summed E-state index contributed by atoms with van der Waals surface area (Å²) in [7, 11) is 0. The summed E-state index contributed by atoms with van der Waals surface area (Å²) in [5.41, 5.74) is 1.16. The monoisotopic (exact) mass is 204 g/mol. The number of unbranched alkanes of at least 4 members (excludes halogenated alkanes) is 1. The van der Waals surface area contributed by atoms with E-state index in [1.54, 1.807) is 22.9 Å². The third-order valence-corrected chi connectivity index (χ3v) is 2.21. The maximum absolute atomic E-state index is 11.5. The number of oxazole rings is 1. The van der Waals surface area contributed by atoms with Gasteiger partial charge in [-0.2, -0.15) is 0 Å². The van der Waals surface area contributed by atoms with E-state index < -0.39 is 0 Å². The van der Waals surface area contributed by atoms with Gasteiger partial charge in [0.25, 0.3) is 0 Å². The molecular weight excluding hydrogens is 192 g/mol. The molecule has 4 nitrogen and oxygen atoms in total. The Bertz CT molecular complexity index is 525. The molecule has 0 aliphatic heterocycles. The first-order valence-corrected chi connectivity index (χ1v) is 4.88. The Morgan fingerprint density at radius 3 is 3.27 bits per heavy atom. The predicted molar refractivity (Wildman–Crippen MR) is 57.7 cm³/mol. The van der Waals surface area contributed by atoms with Crippen LogP contribution < -0.4 is 5.76 Å². The minimum Gasteiger partial charge on any atom is -0.406 e. The molecule has 0 aliphatic rings. The van der Waals surface area contributed by atoms with Gasteiger partial charge in [0.15, 0.2) is 11.2 Å². The van der Waals surface area contributed by atoms with Gasteiger partial charge in [0, 0.05) is 12.7 Å². The Morgan fingerprint density at radius 1 is 1.60 bits per heavy atom. The van der Waals surface area contributed by atoms with E-state index in [9.17, 15) is 4.79 Å². The van der Waals surface area contributed by atoms with E-state index in [1.807, 2.05) is 6.08 Å². The Hall–Kier alpha value is -1.84. The summed E-state index contributed by atoms with van der Waals surface area (Å²) in [5.74, 6) is -0.340. The summed E-state index contributed by atoms with van der Waals surface area (Å²) in [6, 6.07) is 3.49. The molecule has 0 aliphatic carbocycles. The summed E-state index contributed by atoms with van der Waals surface area (Å²) in [5, 5.41) is 0. The number of nitrogens with zero attached hydrogens (tertiary/aromatic N) is 2. The lowest BCUT2D eigenvalue weighted by Crippen LogP contribution is -2.14. The molecule has 15 heavy (non-hydrogen) atoms. The fourth-order valence-electron chi connectivity index (χ4n) is 1.49. The highest BCUT2D eigenvalue weighted by molar-refractivity contribution is 5.67. The van der Waals surface area contributed by atoms with Gasteiger partial charge in [0.2, 0.25) is 0 Å². The van der Waals surface area contributed by atoms with E-state index in [4.69, 9.17) is 4.42 Å². The van der Waals surface area contributed by atoms with E-state index in [-0.39, 0.29) is 5.76 Å². The third-order valence-electron chi connectivity index (χ3n) is 2.21. The highest BCUT2D eigenvalue weighted by Gasteiger charge is 2.08. The van der Waals surface area contributed by atoms with Crippen LogP contribution in [0.3, 0.4) is 0 Å². The fourth-order valence-corrected chi connectivity index (χ4v) is 1.49. The molecular formula is C11H12N2O2. The topological polar surface area (TPSA) is 48.0 Å². The molecule has 0 bridgehead atoms. The van der Waals surface area contributed by atoms with Crippen LogP contribution in [0.15, 0.2) is 40.2 Å². The van der Waals surface area contributed by atoms with E-state index >= 15 is 0 Å². The van der Waals surface area contributed by atoms with E-state index in [1.165, 1.54) is 0 Å². The van der Waals surface area contributed by atoms with Crippen molar-refractivity contribution in [2.75, 3.05) is 0 Å². The lowest BCUT2D eigenvalue weighted by Gasteiger charge is -1.98. The smallest absolute Gasteiger partial charge is 0.406 e. The first-order chi connectivity index (χ1) is 7.33. The summed E-state index contributed by atoms with van der Waals surface area (Å²) in [6.07, 6.45) is 5.24. The van der Waals surface area contributed by atoms with Crippen LogP contribution in [-0.2, 0) is 6.54 Å². The highest BCUT2D eigenvalue weighted by atomic mass is 16.4. The Kier molecular flexibility index (Phi) is 2.67. The zero-order valence-electron chi connectivity index (χ0n) is 8.35. The minimum absolute atomic E-state index is 0.340. The maximum Gasteiger partial charge on any atom is 0.421 e. The molecule has 0 fully saturated rings. The van der Waals surface area contributed by atoms with E-state index in [0.29, 0.717) is 17.8 Å². The molecule has 0 spiro atoms. The molecule has 0 radical (unpaired) electrons. The average molecular weight is 204 g/mol.